The summed E-state index contributed by atoms with van der Waals surface area (Å²) >= 11 is 0. The van der Waals surface area contributed by atoms with Gasteiger partial charge < -0.3 is 29.0 Å². The molecule has 2 aromatic rings. The molecule has 0 amide bonds. The van der Waals surface area contributed by atoms with Gasteiger partial charge in [0.1, 0.15) is 5.69 Å². The van der Waals surface area contributed by atoms with Gasteiger partial charge in [0, 0.05) is 31.4 Å². The summed E-state index contributed by atoms with van der Waals surface area (Å²) in [5.74, 6) is -5.64. The fraction of sp³-hybridized carbons (Fsp3) is 0.538. The summed E-state index contributed by atoms with van der Waals surface area (Å²) in [6.45, 7) is 4.11. The highest BCUT2D eigenvalue weighted by atomic mass is 19.1. The standard InChI is InChI=1S/C26H32FN3O7/c1-5-36-25(33)19(26(34)37-6-2)23(32)17-13-30(15-7-8-15)20-16(22(17)31)11-18(27)21(24(20)35-4)29-10-9-14(12-29)28-3/h11,13-15,19,28H,5-10,12H2,1-4H3/t14-/m0/s1. The summed E-state index contributed by atoms with van der Waals surface area (Å²) in [5, 5.41) is 3.14. The summed E-state index contributed by atoms with van der Waals surface area (Å²) in [6.07, 6.45) is 3.74. The molecular formula is C26H32FN3O7. The second kappa shape index (κ2) is 10.9. The van der Waals surface area contributed by atoms with Gasteiger partial charge in [-0.15, -0.1) is 0 Å². The highest BCUT2D eigenvalue weighted by Crippen LogP contribution is 2.44. The Morgan fingerprint density at radius 1 is 1.14 bits per heavy atom. The Bertz CT molecular complexity index is 1270. The normalized spacial score (nSPS) is 17.4. The van der Waals surface area contributed by atoms with Crippen LogP contribution in [0.3, 0.4) is 0 Å². The van der Waals surface area contributed by atoms with E-state index in [1.807, 2.05) is 11.9 Å². The van der Waals surface area contributed by atoms with Crippen LogP contribution in [0, 0.1) is 11.7 Å². The van der Waals surface area contributed by atoms with Gasteiger partial charge in [0.15, 0.2) is 22.8 Å². The SMILES string of the molecule is CCOC(=O)C(C(=O)OCC)C(=O)c1cn(C2CC2)c2c(OC)c(N3CC[C@H](NC)C3)c(F)cc2c1=O. The van der Waals surface area contributed by atoms with E-state index in [0.29, 0.717) is 18.6 Å². The number of carbonyl (C=O) groups excluding carboxylic acids is 3. The number of pyridine rings is 1. The predicted octanol–water partition coefficient (Wildman–Crippen LogP) is 2.21. The Morgan fingerprint density at radius 2 is 1.78 bits per heavy atom. The van der Waals surface area contributed by atoms with Gasteiger partial charge in [-0.1, -0.05) is 0 Å². The van der Waals surface area contributed by atoms with Crippen LogP contribution in [0.4, 0.5) is 10.1 Å². The second-order valence-electron chi connectivity index (χ2n) is 9.17. The maximum Gasteiger partial charge on any atom is 0.328 e. The number of Topliss-reactive ketones (excluding diaryl/α,β-unsaturated/α-hetero) is 1. The lowest BCUT2D eigenvalue weighted by Gasteiger charge is -2.25. The van der Waals surface area contributed by atoms with Crippen molar-refractivity contribution in [3.63, 3.8) is 0 Å². The maximum absolute atomic E-state index is 15.6. The molecule has 0 bridgehead atoms. The van der Waals surface area contributed by atoms with E-state index in [9.17, 15) is 19.2 Å². The average molecular weight is 518 g/mol. The first-order valence-corrected chi connectivity index (χ1v) is 12.5. The zero-order chi connectivity index (χ0) is 26.9. The van der Waals surface area contributed by atoms with Gasteiger partial charge in [-0.05, 0) is 46.2 Å². The molecule has 1 saturated carbocycles. The van der Waals surface area contributed by atoms with Gasteiger partial charge in [-0.2, -0.15) is 0 Å². The number of likely N-dealkylation sites (N-methyl/N-ethyl adjacent to an activating group) is 1. The fourth-order valence-corrected chi connectivity index (χ4v) is 4.86. The lowest BCUT2D eigenvalue weighted by Crippen LogP contribution is -2.37. The minimum atomic E-state index is -1.95. The molecule has 1 aromatic heterocycles. The number of halogens is 1. The molecule has 0 spiro atoms. The quantitative estimate of drug-likeness (QED) is 0.288. The van der Waals surface area contributed by atoms with E-state index in [1.54, 1.807) is 4.57 Å². The summed E-state index contributed by atoms with van der Waals surface area (Å²) in [7, 11) is 3.27. The Kier molecular flexibility index (Phi) is 7.82. The number of rotatable bonds is 10. The van der Waals surface area contributed by atoms with Crippen molar-refractivity contribution in [1.82, 2.24) is 9.88 Å². The van der Waals surface area contributed by atoms with Crippen LogP contribution in [0.1, 0.15) is 49.5 Å². The van der Waals surface area contributed by atoms with Gasteiger partial charge in [0.2, 0.25) is 5.92 Å². The van der Waals surface area contributed by atoms with Crippen molar-refractivity contribution in [1.29, 1.82) is 0 Å². The van der Waals surface area contributed by atoms with E-state index in [2.05, 4.69) is 5.32 Å². The van der Waals surface area contributed by atoms with Crippen LogP contribution in [-0.4, -0.2) is 68.8 Å². The van der Waals surface area contributed by atoms with Gasteiger partial charge in [-0.25, -0.2) is 4.39 Å². The predicted molar refractivity (Wildman–Crippen MR) is 134 cm³/mol. The van der Waals surface area contributed by atoms with Gasteiger partial charge in [-0.3, -0.25) is 19.2 Å². The van der Waals surface area contributed by atoms with Crippen molar-refractivity contribution < 1.29 is 33.0 Å². The second-order valence-corrected chi connectivity index (χ2v) is 9.17. The molecule has 0 unspecified atom stereocenters. The molecule has 2 fully saturated rings. The zero-order valence-corrected chi connectivity index (χ0v) is 21.5. The zero-order valence-electron chi connectivity index (χ0n) is 21.5. The number of anilines is 1. The molecule has 37 heavy (non-hydrogen) atoms. The van der Waals surface area contributed by atoms with Crippen molar-refractivity contribution in [2.45, 2.75) is 45.2 Å². The molecule has 200 valence electrons. The molecule has 10 nitrogen and oxygen atoms in total. The molecule has 2 aliphatic rings. The number of fused-ring (bicyclic) bond motifs is 1. The summed E-state index contributed by atoms with van der Waals surface area (Å²) < 4.78 is 32.9. The largest absolute Gasteiger partial charge is 0.492 e. The molecule has 1 saturated heterocycles. The Morgan fingerprint density at radius 3 is 2.30 bits per heavy atom. The third-order valence-corrected chi connectivity index (χ3v) is 6.83. The molecule has 11 heteroatoms. The Balaban J connectivity index is 1.91. The number of nitrogens with one attached hydrogen (secondary N) is 1. The minimum Gasteiger partial charge on any atom is -0.492 e. The maximum atomic E-state index is 15.6. The van der Waals surface area contributed by atoms with E-state index in [1.165, 1.54) is 27.2 Å². The summed E-state index contributed by atoms with van der Waals surface area (Å²) in [6, 6.07) is 1.25. The van der Waals surface area contributed by atoms with E-state index in [0.717, 1.165) is 25.3 Å². The average Bonchev–Trinajstić information content (AvgIpc) is 3.60. The Hall–Kier alpha value is -3.47. The first-order chi connectivity index (χ1) is 17.8. The van der Waals surface area contributed by atoms with Crippen molar-refractivity contribution in [2.75, 3.05) is 45.4 Å². The molecule has 1 N–H and O–H groups in total. The number of esters is 2. The van der Waals surface area contributed by atoms with Crippen LogP contribution in [0.2, 0.25) is 0 Å². The third kappa shape index (κ3) is 4.92. The third-order valence-electron chi connectivity index (χ3n) is 6.83. The van der Waals surface area contributed by atoms with Gasteiger partial charge >= 0.3 is 11.9 Å². The first kappa shape index (κ1) is 26.6. The van der Waals surface area contributed by atoms with Crippen LogP contribution in [0.25, 0.3) is 10.9 Å². The number of carbonyl (C=O) groups is 3. The number of benzene rings is 1. The van der Waals surface area contributed by atoms with Crippen LogP contribution >= 0.6 is 0 Å². The topological polar surface area (TPSA) is 116 Å². The van der Waals surface area contributed by atoms with Crippen molar-refractivity contribution in [3.8, 4) is 5.75 Å². The van der Waals surface area contributed by atoms with E-state index in [4.69, 9.17) is 14.2 Å². The molecular weight excluding hydrogens is 485 g/mol. The summed E-state index contributed by atoms with van der Waals surface area (Å²) in [5.41, 5.74) is -0.568. The lowest BCUT2D eigenvalue weighted by atomic mass is 9.96. The van der Waals surface area contributed by atoms with E-state index < -0.39 is 40.4 Å². The first-order valence-electron chi connectivity index (χ1n) is 12.5. The number of hydrogen-bond acceptors (Lipinski definition) is 9. The number of methoxy groups -OCH3 is 1. The fourth-order valence-electron chi connectivity index (χ4n) is 4.86. The number of ketones is 1. The van der Waals surface area contributed by atoms with Crippen molar-refractivity contribution in [3.05, 3.63) is 33.9 Å². The molecule has 1 atom stereocenters. The molecule has 1 aromatic carbocycles. The number of hydrogen-bond donors (Lipinski definition) is 1. The Labute approximate surface area is 213 Å². The monoisotopic (exact) mass is 517 g/mol. The molecule has 1 aliphatic heterocycles. The van der Waals surface area contributed by atoms with Crippen molar-refractivity contribution >= 4 is 34.3 Å². The van der Waals surface area contributed by atoms with E-state index >= 15 is 4.39 Å². The van der Waals surface area contributed by atoms with Crippen LogP contribution < -0.4 is 20.4 Å². The highest BCUT2D eigenvalue weighted by Gasteiger charge is 2.40. The minimum absolute atomic E-state index is 0.0471. The smallest absolute Gasteiger partial charge is 0.328 e. The summed E-state index contributed by atoms with van der Waals surface area (Å²) in [4.78, 5) is 54.0. The van der Waals surface area contributed by atoms with Gasteiger partial charge in [0.25, 0.3) is 0 Å². The van der Waals surface area contributed by atoms with E-state index in [-0.39, 0.29) is 42.1 Å². The number of nitrogens with zero attached hydrogens (tertiary/aromatic N) is 2. The molecule has 0 radical (unpaired) electrons. The number of ether oxygens (including phenoxy) is 3. The molecule has 2 heterocycles. The van der Waals surface area contributed by atoms with Crippen LogP contribution in [0.5, 0.6) is 5.75 Å². The van der Waals surface area contributed by atoms with Crippen LogP contribution in [0.15, 0.2) is 17.1 Å². The molecule has 1 aliphatic carbocycles. The number of aromatic nitrogens is 1. The van der Waals surface area contributed by atoms with Gasteiger partial charge in [0.05, 0.1) is 36.8 Å². The highest BCUT2D eigenvalue weighted by molar-refractivity contribution is 6.21. The molecule has 4 rings (SSSR count). The van der Waals surface area contributed by atoms with Crippen LogP contribution in [-0.2, 0) is 19.1 Å². The van der Waals surface area contributed by atoms with Crippen molar-refractivity contribution in [2.24, 2.45) is 5.92 Å². The lowest BCUT2D eigenvalue weighted by molar-refractivity contribution is -0.158.